The Morgan fingerprint density at radius 2 is 1.53 bits per heavy atom. The van der Waals surface area contributed by atoms with E-state index in [-0.39, 0.29) is 21.4 Å². The Morgan fingerprint density at radius 1 is 0.941 bits per heavy atom. The minimum Gasteiger partial charge on any atom is -0.382 e. The molecule has 3 aromatic rings. The number of Topliss-reactive ketones (excluding diaryl/α,β-unsaturated/α-hetero) is 1. The number of nitrogen functional groups attached to an aromatic ring is 1. The highest BCUT2D eigenvalue weighted by molar-refractivity contribution is 7.91. The number of ketones is 1. The Morgan fingerprint density at radius 3 is 2.06 bits per heavy atom. The van der Waals surface area contributed by atoms with E-state index in [1.165, 1.54) is 6.20 Å². The zero-order valence-electron chi connectivity index (χ0n) is 19.6. The fourth-order valence-corrected chi connectivity index (χ4v) is 5.22. The van der Waals surface area contributed by atoms with Crippen LogP contribution in [0.15, 0.2) is 64.5 Å². The van der Waals surface area contributed by atoms with Crippen LogP contribution in [0.1, 0.15) is 42.6 Å². The maximum atomic E-state index is 13.1. The molecule has 4 rings (SSSR count). The van der Waals surface area contributed by atoms with Gasteiger partial charge >= 0.3 is 0 Å². The van der Waals surface area contributed by atoms with Crippen molar-refractivity contribution in [3.05, 3.63) is 65.9 Å². The topological polar surface area (TPSA) is 109 Å². The maximum Gasteiger partial charge on any atom is 0.227 e. The summed E-state index contributed by atoms with van der Waals surface area (Å²) in [5.41, 5.74) is 8.90. The summed E-state index contributed by atoms with van der Waals surface area (Å²) in [6, 6.07) is 14.4. The second-order valence-electron chi connectivity index (χ2n) is 8.72. The van der Waals surface area contributed by atoms with E-state index in [9.17, 15) is 13.2 Å². The number of nitrogens with two attached hydrogens (primary N) is 1. The highest BCUT2D eigenvalue weighted by atomic mass is 32.2. The van der Waals surface area contributed by atoms with Crippen LogP contribution >= 0.6 is 0 Å². The Bertz CT molecular complexity index is 1280. The van der Waals surface area contributed by atoms with Gasteiger partial charge in [-0.2, -0.15) is 4.98 Å². The molecular formula is C25H29N5O3S. The molecule has 0 saturated carbocycles. The molecule has 0 aliphatic carbocycles. The summed E-state index contributed by atoms with van der Waals surface area (Å²) < 4.78 is 26.2. The van der Waals surface area contributed by atoms with E-state index < -0.39 is 9.84 Å². The summed E-state index contributed by atoms with van der Waals surface area (Å²) >= 11 is 0. The van der Waals surface area contributed by atoms with E-state index in [4.69, 9.17) is 5.73 Å². The summed E-state index contributed by atoms with van der Waals surface area (Å²) in [5.74, 6) is 0.715. The molecule has 8 nitrogen and oxygen atoms in total. The third-order valence-corrected chi connectivity index (χ3v) is 7.90. The lowest BCUT2D eigenvalue weighted by Crippen LogP contribution is -2.47. The molecule has 0 bridgehead atoms. The number of carbonyl (C=O) groups is 1. The summed E-state index contributed by atoms with van der Waals surface area (Å²) in [5, 5.41) is 0. The summed E-state index contributed by atoms with van der Waals surface area (Å²) in [6.07, 6.45) is 1.30. The highest BCUT2D eigenvalue weighted by Gasteiger charge is 2.25. The summed E-state index contributed by atoms with van der Waals surface area (Å²) in [4.78, 5) is 24.4. The number of anilines is 3. The Kier molecular flexibility index (Phi) is 6.56. The number of nitrogens with zero attached hydrogens (tertiary/aromatic N) is 4. The molecule has 0 spiro atoms. The third kappa shape index (κ3) is 4.75. The van der Waals surface area contributed by atoms with Crippen molar-refractivity contribution in [1.82, 2.24) is 9.97 Å². The molecule has 1 aliphatic heterocycles. The summed E-state index contributed by atoms with van der Waals surface area (Å²) in [7, 11) is -3.81. The van der Waals surface area contributed by atoms with Crippen molar-refractivity contribution in [2.45, 2.75) is 36.5 Å². The van der Waals surface area contributed by atoms with Crippen molar-refractivity contribution in [3.63, 3.8) is 0 Å². The predicted octanol–water partition coefficient (Wildman–Crippen LogP) is 3.54. The van der Waals surface area contributed by atoms with Crippen LogP contribution in [0.5, 0.6) is 0 Å². The molecule has 2 heterocycles. The van der Waals surface area contributed by atoms with Gasteiger partial charge in [0, 0.05) is 37.4 Å². The zero-order chi connectivity index (χ0) is 24.5. The molecule has 0 atom stereocenters. The number of piperazine rings is 1. The van der Waals surface area contributed by atoms with Crippen molar-refractivity contribution in [3.8, 4) is 0 Å². The van der Waals surface area contributed by atoms with Crippen LogP contribution in [0.3, 0.4) is 0 Å². The average Bonchev–Trinajstić information content (AvgIpc) is 2.84. The first-order chi connectivity index (χ1) is 16.2. The minimum absolute atomic E-state index is 0.0455. The standard InChI is InChI=1S/C25H29N5O3S/c1-17(2)19-6-10-22(11-7-19)34(32,33)23-16-27-25(28-24(23)26)30-14-12-29(13-15-30)21-8-4-20(5-9-21)18(3)31/h4-11,16-17H,12-15H2,1-3H3,(H2,26,27,28). The van der Waals surface area contributed by atoms with Gasteiger partial charge in [0.2, 0.25) is 15.8 Å². The first-order valence-corrected chi connectivity index (χ1v) is 12.7. The van der Waals surface area contributed by atoms with Crippen LogP contribution in [0, 0.1) is 0 Å². The van der Waals surface area contributed by atoms with Crippen molar-refractivity contribution >= 4 is 33.1 Å². The smallest absolute Gasteiger partial charge is 0.227 e. The Balaban J connectivity index is 1.46. The highest BCUT2D eigenvalue weighted by Crippen LogP contribution is 2.27. The van der Waals surface area contributed by atoms with Gasteiger partial charge in [-0.3, -0.25) is 4.79 Å². The molecule has 0 radical (unpaired) electrons. The molecule has 1 saturated heterocycles. The molecule has 2 aromatic carbocycles. The summed E-state index contributed by atoms with van der Waals surface area (Å²) in [6.45, 7) is 8.47. The SMILES string of the molecule is CC(=O)c1ccc(N2CCN(c3ncc(S(=O)(=O)c4ccc(C(C)C)cc4)c(N)n3)CC2)cc1. The predicted molar refractivity (Wildman–Crippen MR) is 133 cm³/mol. The van der Waals surface area contributed by atoms with Crippen molar-refractivity contribution in [2.75, 3.05) is 41.7 Å². The van der Waals surface area contributed by atoms with E-state index in [1.54, 1.807) is 19.1 Å². The molecule has 0 amide bonds. The van der Waals surface area contributed by atoms with Crippen LogP contribution in [0.25, 0.3) is 0 Å². The fraction of sp³-hybridized carbons (Fsp3) is 0.320. The van der Waals surface area contributed by atoms with Crippen LogP contribution in [-0.2, 0) is 9.84 Å². The monoisotopic (exact) mass is 479 g/mol. The van der Waals surface area contributed by atoms with Gasteiger partial charge in [0.15, 0.2) is 5.78 Å². The zero-order valence-corrected chi connectivity index (χ0v) is 20.4. The van der Waals surface area contributed by atoms with Gasteiger partial charge in [-0.1, -0.05) is 26.0 Å². The van der Waals surface area contributed by atoms with Gasteiger partial charge in [-0.05, 0) is 54.8 Å². The van der Waals surface area contributed by atoms with Crippen molar-refractivity contribution in [2.24, 2.45) is 0 Å². The third-order valence-electron chi connectivity index (χ3n) is 6.12. The normalized spacial score (nSPS) is 14.5. The van der Waals surface area contributed by atoms with E-state index in [2.05, 4.69) is 28.7 Å². The van der Waals surface area contributed by atoms with Gasteiger partial charge in [0.25, 0.3) is 0 Å². The molecule has 178 valence electrons. The quantitative estimate of drug-likeness (QED) is 0.535. The van der Waals surface area contributed by atoms with Crippen LogP contribution in [0.2, 0.25) is 0 Å². The number of aromatic nitrogens is 2. The van der Waals surface area contributed by atoms with E-state index in [0.29, 0.717) is 30.5 Å². The van der Waals surface area contributed by atoms with E-state index in [1.807, 2.05) is 41.3 Å². The van der Waals surface area contributed by atoms with Gasteiger partial charge in [-0.25, -0.2) is 13.4 Å². The minimum atomic E-state index is -3.81. The van der Waals surface area contributed by atoms with Gasteiger partial charge < -0.3 is 15.5 Å². The molecule has 34 heavy (non-hydrogen) atoms. The molecule has 2 N–H and O–H groups in total. The van der Waals surface area contributed by atoms with Crippen LogP contribution in [0.4, 0.5) is 17.5 Å². The Hall–Kier alpha value is -3.46. The maximum absolute atomic E-state index is 13.1. The Labute approximate surface area is 200 Å². The lowest BCUT2D eigenvalue weighted by atomic mass is 10.0. The van der Waals surface area contributed by atoms with E-state index in [0.717, 1.165) is 24.3 Å². The van der Waals surface area contributed by atoms with Crippen LogP contribution in [-0.4, -0.2) is 50.3 Å². The number of carbonyl (C=O) groups excluding carboxylic acids is 1. The fourth-order valence-electron chi connectivity index (χ4n) is 3.96. The molecule has 1 aliphatic rings. The number of rotatable bonds is 6. The first-order valence-electron chi connectivity index (χ1n) is 11.3. The van der Waals surface area contributed by atoms with E-state index >= 15 is 0 Å². The lowest BCUT2D eigenvalue weighted by Gasteiger charge is -2.36. The second-order valence-corrected chi connectivity index (χ2v) is 10.6. The molecular weight excluding hydrogens is 450 g/mol. The first kappa shape index (κ1) is 23.7. The van der Waals surface area contributed by atoms with Crippen LogP contribution < -0.4 is 15.5 Å². The number of hydrogen-bond donors (Lipinski definition) is 1. The van der Waals surface area contributed by atoms with Gasteiger partial charge in [0.1, 0.15) is 10.7 Å². The molecule has 0 unspecified atom stereocenters. The second kappa shape index (κ2) is 9.42. The lowest BCUT2D eigenvalue weighted by molar-refractivity contribution is 0.101. The van der Waals surface area contributed by atoms with Gasteiger partial charge in [-0.15, -0.1) is 0 Å². The van der Waals surface area contributed by atoms with Gasteiger partial charge in [0.05, 0.1) is 11.1 Å². The average molecular weight is 480 g/mol. The largest absolute Gasteiger partial charge is 0.382 e. The number of sulfone groups is 1. The number of benzene rings is 2. The van der Waals surface area contributed by atoms with Crippen molar-refractivity contribution < 1.29 is 13.2 Å². The number of hydrogen-bond acceptors (Lipinski definition) is 8. The van der Waals surface area contributed by atoms with Crippen molar-refractivity contribution in [1.29, 1.82) is 0 Å². The molecule has 1 aromatic heterocycles. The molecule has 9 heteroatoms. The molecule has 1 fully saturated rings.